The van der Waals surface area contributed by atoms with E-state index in [1.165, 1.54) is 6.92 Å². The molecule has 3 aromatic rings. The van der Waals surface area contributed by atoms with Crippen LogP contribution < -0.4 is 4.74 Å². The maximum atomic E-state index is 10.9. The van der Waals surface area contributed by atoms with Gasteiger partial charge < -0.3 is 13.7 Å². The smallest absolute Gasteiger partial charge is 0.308 e. The predicted octanol–water partition coefficient (Wildman–Crippen LogP) is 2.76. The number of fused-ring (bicyclic) bond motifs is 1. The summed E-state index contributed by atoms with van der Waals surface area (Å²) in [6.07, 6.45) is 1.93. The quantitative estimate of drug-likeness (QED) is 0.522. The molecule has 0 unspecified atom stereocenters. The molecule has 0 amide bonds. The number of hydrogen-bond donors (Lipinski definition) is 0. The molecule has 2 heterocycles. The molecule has 0 saturated carbocycles. The van der Waals surface area contributed by atoms with Crippen LogP contribution in [0.4, 0.5) is 0 Å². The van der Waals surface area contributed by atoms with Gasteiger partial charge in [0.25, 0.3) is 0 Å². The van der Waals surface area contributed by atoms with E-state index < -0.39 is 0 Å². The number of benzene rings is 1. The number of hydrogen-bond acceptors (Lipinski definition) is 4. The zero-order chi connectivity index (χ0) is 13.4. The van der Waals surface area contributed by atoms with Crippen LogP contribution >= 0.6 is 0 Å². The van der Waals surface area contributed by atoms with Gasteiger partial charge in [0, 0.05) is 26.2 Å². The van der Waals surface area contributed by atoms with E-state index in [4.69, 9.17) is 9.15 Å². The van der Waals surface area contributed by atoms with Gasteiger partial charge >= 0.3 is 5.97 Å². The van der Waals surface area contributed by atoms with E-state index in [0.29, 0.717) is 17.2 Å². The molecule has 3 rings (SSSR count). The Bertz CT molecular complexity index is 755. The lowest BCUT2D eigenvalue weighted by Crippen LogP contribution is -2.00. The second kappa shape index (κ2) is 4.28. The molecule has 0 N–H and O–H groups in total. The summed E-state index contributed by atoms with van der Waals surface area (Å²) < 4.78 is 12.6. The summed E-state index contributed by atoms with van der Waals surface area (Å²) in [6.45, 7) is 1.36. The molecule has 0 radical (unpaired) electrons. The Balaban J connectivity index is 2.06. The summed E-state index contributed by atoms with van der Waals surface area (Å²) in [5, 5.41) is 0. The van der Waals surface area contributed by atoms with Gasteiger partial charge in [-0.1, -0.05) is 0 Å². The molecule has 0 bridgehead atoms. The Hall–Kier alpha value is -2.56. The highest BCUT2D eigenvalue weighted by molar-refractivity contribution is 5.78. The molecule has 0 aliphatic carbocycles. The molecule has 0 atom stereocenters. The third-order valence-corrected chi connectivity index (χ3v) is 2.78. The molecule has 0 fully saturated rings. The molecule has 0 spiro atoms. The van der Waals surface area contributed by atoms with E-state index in [2.05, 4.69) is 4.98 Å². The summed E-state index contributed by atoms with van der Waals surface area (Å²) >= 11 is 0. The van der Waals surface area contributed by atoms with Gasteiger partial charge in [-0.2, -0.15) is 0 Å². The highest BCUT2D eigenvalue weighted by Gasteiger charge is 2.11. The zero-order valence-corrected chi connectivity index (χ0v) is 10.6. The minimum Gasteiger partial charge on any atom is -0.435 e. The van der Waals surface area contributed by atoms with Crippen molar-refractivity contribution in [2.75, 3.05) is 0 Å². The number of carbonyl (C=O) groups is 1. The first-order chi connectivity index (χ1) is 9.13. The lowest BCUT2D eigenvalue weighted by atomic mass is 10.3. The fourth-order valence-electron chi connectivity index (χ4n) is 1.93. The number of aryl methyl sites for hydroxylation is 1. The first-order valence-corrected chi connectivity index (χ1v) is 5.84. The Morgan fingerprint density at radius 3 is 2.89 bits per heavy atom. The number of rotatable bonds is 2. The van der Waals surface area contributed by atoms with Gasteiger partial charge in [-0.15, -0.1) is 0 Å². The number of ether oxygens (including phenoxy) is 1. The van der Waals surface area contributed by atoms with Crippen LogP contribution in [0.15, 0.2) is 40.9 Å². The van der Waals surface area contributed by atoms with Crippen LogP contribution in [0.2, 0.25) is 0 Å². The number of carbonyl (C=O) groups excluding carboxylic acids is 1. The van der Waals surface area contributed by atoms with Gasteiger partial charge in [0.2, 0.25) is 5.89 Å². The molecule has 0 aliphatic rings. The van der Waals surface area contributed by atoms with Crippen molar-refractivity contribution in [3.05, 3.63) is 36.5 Å². The average Bonchev–Trinajstić information content (AvgIpc) is 2.93. The van der Waals surface area contributed by atoms with Crippen molar-refractivity contribution in [2.45, 2.75) is 6.92 Å². The molecule has 5 nitrogen and oxygen atoms in total. The molecule has 1 aromatic carbocycles. The van der Waals surface area contributed by atoms with E-state index in [1.807, 2.05) is 29.9 Å². The SMILES string of the molecule is CC(=O)Oc1ccc2nc(-c3cccn3C)oc2c1. The van der Waals surface area contributed by atoms with Crippen molar-refractivity contribution < 1.29 is 13.9 Å². The second-order valence-electron chi connectivity index (χ2n) is 4.25. The van der Waals surface area contributed by atoms with E-state index in [-0.39, 0.29) is 5.97 Å². The number of aromatic nitrogens is 2. The zero-order valence-electron chi connectivity index (χ0n) is 10.6. The van der Waals surface area contributed by atoms with E-state index in [0.717, 1.165) is 11.2 Å². The van der Waals surface area contributed by atoms with Gasteiger partial charge in [0.1, 0.15) is 17.0 Å². The minimum atomic E-state index is -0.360. The second-order valence-corrected chi connectivity index (χ2v) is 4.25. The predicted molar refractivity (Wildman–Crippen MR) is 69.7 cm³/mol. The van der Waals surface area contributed by atoms with Gasteiger partial charge in [0.15, 0.2) is 5.58 Å². The molecular weight excluding hydrogens is 244 g/mol. The normalized spacial score (nSPS) is 10.8. The van der Waals surface area contributed by atoms with Crippen molar-refractivity contribution in [1.29, 1.82) is 0 Å². The van der Waals surface area contributed by atoms with Gasteiger partial charge in [-0.25, -0.2) is 4.98 Å². The summed E-state index contributed by atoms with van der Waals surface area (Å²) in [5.74, 6) is 0.638. The monoisotopic (exact) mass is 256 g/mol. The maximum absolute atomic E-state index is 10.9. The first-order valence-electron chi connectivity index (χ1n) is 5.84. The fourth-order valence-corrected chi connectivity index (χ4v) is 1.93. The molecule has 0 saturated heterocycles. The van der Waals surface area contributed by atoms with E-state index in [9.17, 15) is 4.79 Å². The highest BCUT2D eigenvalue weighted by atomic mass is 16.5. The van der Waals surface area contributed by atoms with Crippen molar-refractivity contribution in [1.82, 2.24) is 9.55 Å². The van der Waals surface area contributed by atoms with E-state index >= 15 is 0 Å². The third-order valence-electron chi connectivity index (χ3n) is 2.78. The van der Waals surface area contributed by atoms with Gasteiger partial charge in [-0.05, 0) is 24.3 Å². The van der Waals surface area contributed by atoms with Crippen LogP contribution in [-0.4, -0.2) is 15.5 Å². The lowest BCUT2D eigenvalue weighted by molar-refractivity contribution is -0.131. The van der Waals surface area contributed by atoms with E-state index in [1.54, 1.807) is 18.2 Å². The Morgan fingerprint density at radius 2 is 2.21 bits per heavy atom. The maximum Gasteiger partial charge on any atom is 0.308 e. The van der Waals surface area contributed by atoms with Crippen LogP contribution in [0, 0.1) is 0 Å². The largest absolute Gasteiger partial charge is 0.435 e. The van der Waals surface area contributed by atoms with Gasteiger partial charge in [-0.3, -0.25) is 4.79 Å². The van der Waals surface area contributed by atoms with Gasteiger partial charge in [0.05, 0.1) is 0 Å². The highest BCUT2D eigenvalue weighted by Crippen LogP contribution is 2.27. The Morgan fingerprint density at radius 1 is 1.37 bits per heavy atom. The van der Waals surface area contributed by atoms with Crippen molar-refractivity contribution in [3.8, 4) is 17.3 Å². The van der Waals surface area contributed by atoms with Crippen molar-refractivity contribution >= 4 is 17.1 Å². The standard InChI is InChI=1S/C14H12N2O3/c1-9(17)18-10-5-6-11-13(8-10)19-14(15-11)12-4-3-7-16(12)2/h3-8H,1-2H3. The van der Waals surface area contributed by atoms with Crippen LogP contribution in [0.25, 0.3) is 22.7 Å². The third kappa shape index (κ3) is 2.10. The summed E-state index contributed by atoms with van der Waals surface area (Å²) in [4.78, 5) is 15.3. The molecular formula is C14H12N2O3. The number of nitrogens with zero attached hydrogens (tertiary/aromatic N) is 2. The summed E-state index contributed by atoms with van der Waals surface area (Å²) in [5.41, 5.74) is 2.22. The molecule has 2 aromatic heterocycles. The van der Waals surface area contributed by atoms with Crippen molar-refractivity contribution in [3.63, 3.8) is 0 Å². The number of esters is 1. The van der Waals surface area contributed by atoms with Crippen LogP contribution in [0.3, 0.4) is 0 Å². The Labute approximate surface area is 109 Å². The topological polar surface area (TPSA) is 57.3 Å². The molecule has 5 heteroatoms. The van der Waals surface area contributed by atoms with Crippen LogP contribution in [-0.2, 0) is 11.8 Å². The lowest BCUT2D eigenvalue weighted by Gasteiger charge is -1.98. The van der Waals surface area contributed by atoms with Crippen LogP contribution in [0.1, 0.15) is 6.92 Å². The Kier molecular flexibility index (Phi) is 2.59. The number of oxazole rings is 1. The first kappa shape index (κ1) is 11.5. The fraction of sp³-hybridized carbons (Fsp3) is 0.143. The molecule has 0 aliphatic heterocycles. The summed E-state index contributed by atoms with van der Waals surface area (Å²) in [6, 6.07) is 8.98. The van der Waals surface area contributed by atoms with Crippen molar-refractivity contribution in [2.24, 2.45) is 7.05 Å². The molecule has 96 valence electrons. The minimum absolute atomic E-state index is 0.360. The average molecular weight is 256 g/mol. The summed E-state index contributed by atoms with van der Waals surface area (Å²) in [7, 11) is 1.93. The molecule has 19 heavy (non-hydrogen) atoms. The van der Waals surface area contributed by atoms with Crippen LogP contribution in [0.5, 0.6) is 5.75 Å².